The number of carbonyl (C=O) groups is 1. The number of hydrogen-bond acceptors (Lipinski definition) is 4. The summed E-state index contributed by atoms with van der Waals surface area (Å²) in [7, 11) is 0. The van der Waals surface area contributed by atoms with Crippen molar-refractivity contribution in [3.8, 4) is 0 Å². The zero-order chi connectivity index (χ0) is 14.2. The normalized spacial score (nSPS) is 10.5. The lowest BCUT2D eigenvalue weighted by atomic mass is 10.2. The van der Waals surface area contributed by atoms with Gasteiger partial charge in [-0.25, -0.2) is 9.37 Å². The highest BCUT2D eigenvalue weighted by Gasteiger charge is 2.15. The number of aryl methyl sites for hydroxylation is 2. The van der Waals surface area contributed by atoms with Gasteiger partial charge in [0, 0.05) is 9.35 Å². The smallest absolute Gasteiger partial charge is 0.258 e. The van der Waals surface area contributed by atoms with Gasteiger partial charge in [-0.2, -0.15) is 0 Å². The third-order valence-corrected chi connectivity index (χ3v) is 4.22. The van der Waals surface area contributed by atoms with Crippen LogP contribution < -0.4 is 11.1 Å². The van der Waals surface area contributed by atoms with Crippen LogP contribution in [0.15, 0.2) is 16.6 Å². The third kappa shape index (κ3) is 2.93. The van der Waals surface area contributed by atoms with Crippen LogP contribution in [0.1, 0.15) is 20.9 Å². The second kappa shape index (κ2) is 5.26. The molecule has 0 aliphatic carbocycles. The lowest BCUT2D eigenvalue weighted by Crippen LogP contribution is -2.13. The summed E-state index contributed by atoms with van der Waals surface area (Å²) in [5.41, 5.74) is 6.53. The van der Waals surface area contributed by atoms with Crippen molar-refractivity contribution in [1.82, 2.24) is 4.98 Å². The summed E-state index contributed by atoms with van der Waals surface area (Å²) in [6.07, 6.45) is 0. The fraction of sp³-hybridized carbons (Fsp3) is 0.167. The van der Waals surface area contributed by atoms with E-state index in [0.717, 1.165) is 10.6 Å². The Morgan fingerprint density at radius 2 is 2.16 bits per heavy atom. The van der Waals surface area contributed by atoms with Gasteiger partial charge >= 0.3 is 0 Å². The number of thiazole rings is 1. The van der Waals surface area contributed by atoms with Gasteiger partial charge in [0.05, 0.1) is 16.9 Å². The highest BCUT2D eigenvalue weighted by Crippen LogP contribution is 2.26. The molecule has 0 atom stereocenters. The number of nitrogens with one attached hydrogen (secondary N) is 1. The number of nitrogens with zero attached hydrogens (tertiary/aromatic N) is 1. The number of halogens is 2. The molecule has 19 heavy (non-hydrogen) atoms. The zero-order valence-electron chi connectivity index (χ0n) is 10.3. The number of anilines is 2. The molecular weight excluding hydrogens is 333 g/mol. The van der Waals surface area contributed by atoms with Gasteiger partial charge in [-0.3, -0.25) is 10.1 Å². The number of nitrogens with two attached hydrogens (primary N) is 1. The molecule has 1 amide bonds. The molecule has 7 heteroatoms. The molecule has 0 saturated carbocycles. The molecule has 1 aromatic heterocycles. The maximum absolute atomic E-state index is 13.2. The Morgan fingerprint density at radius 3 is 2.74 bits per heavy atom. The Kier molecular flexibility index (Phi) is 3.86. The van der Waals surface area contributed by atoms with Gasteiger partial charge in [0.1, 0.15) is 5.82 Å². The van der Waals surface area contributed by atoms with Crippen molar-refractivity contribution < 1.29 is 9.18 Å². The maximum atomic E-state index is 13.2. The van der Waals surface area contributed by atoms with E-state index in [4.69, 9.17) is 5.73 Å². The van der Waals surface area contributed by atoms with Gasteiger partial charge in [-0.15, -0.1) is 11.3 Å². The zero-order valence-corrected chi connectivity index (χ0v) is 12.7. The van der Waals surface area contributed by atoms with Gasteiger partial charge in [-0.05, 0) is 41.9 Å². The standard InChI is InChI=1S/C12H11BrFN3OS/c1-5-6(2)19-12(16-5)17-11(18)7-3-10(15)9(14)4-8(7)13/h3-4H,15H2,1-2H3,(H,16,17,18). The van der Waals surface area contributed by atoms with E-state index in [9.17, 15) is 9.18 Å². The van der Waals surface area contributed by atoms with Gasteiger partial charge in [0.2, 0.25) is 0 Å². The lowest BCUT2D eigenvalue weighted by Gasteiger charge is -2.06. The number of aromatic nitrogens is 1. The van der Waals surface area contributed by atoms with E-state index in [0.29, 0.717) is 9.60 Å². The fourth-order valence-corrected chi connectivity index (χ4v) is 2.74. The van der Waals surface area contributed by atoms with E-state index in [1.165, 1.54) is 23.5 Å². The first kappa shape index (κ1) is 14.0. The number of carbonyl (C=O) groups excluding carboxylic acids is 1. The summed E-state index contributed by atoms with van der Waals surface area (Å²) in [5.74, 6) is -0.948. The Labute approximate surface area is 122 Å². The average molecular weight is 344 g/mol. The summed E-state index contributed by atoms with van der Waals surface area (Å²) in [6.45, 7) is 3.79. The van der Waals surface area contributed by atoms with Crippen LogP contribution in [0, 0.1) is 19.7 Å². The molecule has 0 saturated heterocycles. The molecular formula is C12H11BrFN3OS. The second-order valence-corrected chi connectivity index (χ2v) is 6.03. The van der Waals surface area contributed by atoms with Crippen molar-refractivity contribution in [2.45, 2.75) is 13.8 Å². The van der Waals surface area contributed by atoms with E-state index >= 15 is 0 Å². The molecule has 0 bridgehead atoms. The summed E-state index contributed by atoms with van der Waals surface area (Å²) >= 11 is 4.53. The molecule has 0 fully saturated rings. The highest BCUT2D eigenvalue weighted by atomic mass is 79.9. The van der Waals surface area contributed by atoms with Crippen molar-refractivity contribution >= 4 is 44.0 Å². The van der Waals surface area contributed by atoms with Crippen LogP contribution in [-0.4, -0.2) is 10.9 Å². The molecule has 0 unspecified atom stereocenters. The average Bonchev–Trinajstić information content (AvgIpc) is 2.62. The van der Waals surface area contributed by atoms with Crippen molar-refractivity contribution in [2.75, 3.05) is 11.1 Å². The molecule has 1 aromatic carbocycles. The van der Waals surface area contributed by atoms with E-state index in [1.54, 1.807) is 0 Å². The predicted octanol–water partition coefficient (Wildman–Crippen LogP) is 3.50. The Hall–Kier alpha value is -1.47. The topological polar surface area (TPSA) is 68.0 Å². The molecule has 0 aliphatic rings. The molecule has 0 spiro atoms. The molecule has 2 aromatic rings. The first-order valence-corrected chi connectivity index (χ1v) is 6.99. The number of amides is 1. The van der Waals surface area contributed by atoms with Crippen molar-refractivity contribution in [3.05, 3.63) is 38.6 Å². The summed E-state index contributed by atoms with van der Waals surface area (Å²) in [6, 6.07) is 2.46. The van der Waals surface area contributed by atoms with Crippen LogP contribution in [0.4, 0.5) is 15.2 Å². The minimum Gasteiger partial charge on any atom is -0.396 e. The van der Waals surface area contributed by atoms with Crippen molar-refractivity contribution in [3.63, 3.8) is 0 Å². The Balaban J connectivity index is 2.27. The largest absolute Gasteiger partial charge is 0.396 e. The van der Waals surface area contributed by atoms with Crippen LogP contribution in [0.5, 0.6) is 0 Å². The van der Waals surface area contributed by atoms with Gasteiger partial charge in [0.15, 0.2) is 5.13 Å². The number of nitrogen functional groups attached to an aromatic ring is 1. The first-order valence-electron chi connectivity index (χ1n) is 5.38. The van der Waals surface area contributed by atoms with Crippen molar-refractivity contribution in [1.29, 1.82) is 0 Å². The van der Waals surface area contributed by atoms with Crippen LogP contribution in [0.3, 0.4) is 0 Å². The summed E-state index contributed by atoms with van der Waals surface area (Å²) in [4.78, 5) is 17.3. The minimum atomic E-state index is -0.565. The highest BCUT2D eigenvalue weighted by molar-refractivity contribution is 9.10. The number of rotatable bonds is 2. The van der Waals surface area contributed by atoms with E-state index < -0.39 is 5.82 Å². The molecule has 4 nitrogen and oxygen atoms in total. The van der Waals surface area contributed by atoms with E-state index in [1.807, 2.05) is 13.8 Å². The maximum Gasteiger partial charge on any atom is 0.258 e. The Bertz CT molecular complexity index is 637. The number of hydrogen-bond donors (Lipinski definition) is 2. The summed E-state index contributed by atoms with van der Waals surface area (Å²) < 4.78 is 13.6. The molecule has 2 rings (SSSR count). The molecule has 0 aliphatic heterocycles. The lowest BCUT2D eigenvalue weighted by molar-refractivity contribution is 0.102. The molecule has 0 radical (unpaired) electrons. The SMILES string of the molecule is Cc1nc(NC(=O)c2cc(N)c(F)cc2Br)sc1C. The molecule has 100 valence electrons. The minimum absolute atomic E-state index is 0.0696. The van der Waals surface area contributed by atoms with Gasteiger partial charge < -0.3 is 5.73 Å². The Morgan fingerprint density at radius 1 is 1.47 bits per heavy atom. The van der Waals surface area contributed by atoms with E-state index in [-0.39, 0.29) is 17.2 Å². The monoisotopic (exact) mass is 343 g/mol. The summed E-state index contributed by atoms with van der Waals surface area (Å²) in [5, 5.41) is 3.18. The van der Waals surface area contributed by atoms with Crippen LogP contribution >= 0.6 is 27.3 Å². The van der Waals surface area contributed by atoms with Crippen molar-refractivity contribution in [2.24, 2.45) is 0 Å². The molecule has 3 N–H and O–H groups in total. The van der Waals surface area contributed by atoms with E-state index in [2.05, 4.69) is 26.2 Å². The van der Waals surface area contributed by atoms with Crippen LogP contribution in [-0.2, 0) is 0 Å². The second-order valence-electron chi connectivity index (χ2n) is 3.97. The van der Waals surface area contributed by atoms with Crippen LogP contribution in [0.25, 0.3) is 0 Å². The van der Waals surface area contributed by atoms with Gasteiger partial charge in [0.25, 0.3) is 5.91 Å². The third-order valence-electron chi connectivity index (χ3n) is 2.58. The van der Waals surface area contributed by atoms with Crippen LogP contribution in [0.2, 0.25) is 0 Å². The predicted molar refractivity (Wildman–Crippen MR) is 78.1 cm³/mol. The van der Waals surface area contributed by atoms with Gasteiger partial charge in [-0.1, -0.05) is 0 Å². The quantitative estimate of drug-likeness (QED) is 0.820. The molecule has 1 heterocycles. The first-order chi connectivity index (χ1) is 8.88. The fourth-order valence-electron chi connectivity index (χ4n) is 1.43. The number of benzene rings is 1.